The Morgan fingerprint density at radius 3 is 2.81 bits per heavy atom. The molecule has 0 bridgehead atoms. The topological polar surface area (TPSA) is 44.1 Å². The Hall–Kier alpha value is -1.33. The lowest BCUT2D eigenvalue weighted by Crippen LogP contribution is -2.07. The van der Waals surface area contributed by atoms with Crippen LogP contribution in [0.15, 0.2) is 22.7 Å². The van der Waals surface area contributed by atoms with E-state index in [2.05, 4.69) is 21.0 Å². The van der Waals surface area contributed by atoms with Crippen molar-refractivity contribution in [2.75, 3.05) is 0 Å². The monoisotopic (exact) mass is 370 g/mol. The molecule has 21 heavy (non-hydrogen) atoms. The highest BCUT2D eigenvalue weighted by Gasteiger charge is 2.15. The summed E-state index contributed by atoms with van der Waals surface area (Å²) < 4.78 is 8.42. The van der Waals surface area contributed by atoms with Gasteiger partial charge in [0.05, 0.1) is 22.0 Å². The minimum atomic E-state index is 0.280. The molecule has 4 nitrogen and oxygen atoms in total. The standard InChI is InChI=1S/C15H16BrClN2O2/c1-3-12-15(17)13(19(4-2)18-12)9-21-14-6-5-11(16)7-10(14)8-20/h5-8H,3-4,9H2,1-2H3. The molecule has 0 N–H and O–H groups in total. The summed E-state index contributed by atoms with van der Waals surface area (Å²) in [7, 11) is 0. The van der Waals surface area contributed by atoms with Crippen LogP contribution in [-0.2, 0) is 19.6 Å². The van der Waals surface area contributed by atoms with Crippen molar-refractivity contribution in [1.82, 2.24) is 9.78 Å². The number of carbonyl (C=O) groups excluding carboxylic acids is 1. The van der Waals surface area contributed by atoms with E-state index in [1.165, 1.54) is 0 Å². The molecule has 2 aromatic rings. The van der Waals surface area contributed by atoms with Crippen molar-refractivity contribution < 1.29 is 9.53 Å². The van der Waals surface area contributed by atoms with E-state index in [1.807, 2.05) is 24.6 Å². The van der Waals surface area contributed by atoms with E-state index in [9.17, 15) is 4.79 Å². The van der Waals surface area contributed by atoms with Crippen LogP contribution in [0.1, 0.15) is 35.6 Å². The van der Waals surface area contributed by atoms with E-state index < -0.39 is 0 Å². The Morgan fingerprint density at radius 1 is 1.43 bits per heavy atom. The number of benzene rings is 1. The van der Waals surface area contributed by atoms with E-state index >= 15 is 0 Å². The normalized spacial score (nSPS) is 10.7. The molecule has 2 rings (SSSR count). The summed E-state index contributed by atoms with van der Waals surface area (Å²) in [5.41, 5.74) is 2.19. The molecule has 0 atom stereocenters. The van der Waals surface area contributed by atoms with Crippen LogP contribution < -0.4 is 4.74 Å². The first kappa shape index (κ1) is 16.0. The third kappa shape index (κ3) is 3.47. The van der Waals surface area contributed by atoms with Gasteiger partial charge in [0, 0.05) is 11.0 Å². The second-order valence-electron chi connectivity index (χ2n) is 4.47. The van der Waals surface area contributed by atoms with E-state index in [-0.39, 0.29) is 6.61 Å². The van der Waals surface area contributed by atoms with Crippen LogP contribution >= 0.6 is 27.5 Å². The summed E-state index contributed by atoms with van der Waals surface area (Å²) in [6.07, 6.45) is 1.55. The average Bonchev–Trinajstić information content (AvgIpc) is 2.81. The molecule has 112 valence electrons. The number of aromatic nitrogens is 2. The molecule has 0 aliphatic rings. The third-order valence-electron chi connectivity index (χ3n) is 3.16. The maximum atomic E-state index is 11.1. The summed E-state index contributed by atoms with van der Waals surface area (Å²) in [5, 5.41) is 5.09. The van der Waals surface area contributed by atoms with Crippen LogP contribution in [-0.4, -0.2) is 16.1 Å². The lowest BCUT2D eigenvalue weighted by Gasteiger charge is -2.10. The van der Waals surface area contributed by atoms with Gasteiger partial charge in [-0.2, -0.15) is 5.10 Å². The summed E-state index contributed by atoms with van der Waals surface area (Å²) in [6.45, 7) is 5.02. The van der Waals surface area contributed by atoms with Crippen LogP contribution in [0.2, 0.25) is 5.02 Å². The highest BCUT2D eigenvalue weighted by Crippen LogP contribution is 2.26. The van der Waals surface area contributed by atoms with E-state index in [1.54, 1.807) is 12.1 Å². The first-order valence-corrected chi connectivity index (χ1v) is 7.89. The molecular weight excluding hydrogens is 356 g/mol. The summed E-state index contributed by atoms with van der Waals surface area (Å²) in [5.74, 6) is 0.533. The second kappa shape index (κ2) is 7.09. The number of nitrogens with zero attached hydrogens (tertiary/aromatic N) is 2. The van der Waals surface area contributed by atoms with Crippen LogP contribution in [0.5, 0.6) is 5.75 Å². The fraction of sp³-hybridized carbons (Fsp3) is 0.333. The Labute approximate surface area is 137 Å². The molecular formula is C15H16BrClN2O2. The first-order chi connectivity index (χ1) is 10.1. The highest BCUT2D eigenvalue weighted by molar-refractivity contribution is 9.10. The van der Waals surface area contributed by atoms with Gasteiger partial charge in [-0.15, -0.1) is 0 Å². The Balaban J connectivity index is 2.24. The quantitative estimate of drug-likeness (QED) is 0.712. The van der Waals surface area contributed by atoms with Crippen molar-refractivity contribution >= 4 is 33.8 Å². The summed E-state index contributed by atoms with van der Waals surface area (Å²) >= 11 is 9.66. The van der Waals surface area contributed by atoms with Crippen molar-refractivity contribution in [3.8, 4) is 5.75 Å². The third-order valence-corrected chi connectivity index (χ3v) is 4.09. The maximum absolute atomic E-state index is 11.1. The Morgan fingerprint density at radius 2 is 2.19 bits per heavy atom. The molecule has 1 heterocycles. The van der Waals surface area contributed by atoms with Gasteiger partial charge in [0.15, 0.2) is 6.29 Å². The summed E-state index contributed by atoms with van der Waals surface area (Å²) in [4.78, 5) is 11.1. The van der Waals surface area contributed by atoms with Crippen LogP contribution in [0, 0.1) is 0 Å². The number of hydrogen-bond donors (Lipinski definition) is 0. The number of aryl methyl sites for hydroxylation is 2. The van der Waals surface area contributed by atoms with Gasteiger partial charge >= 0.3 is 0 Å². The highest BCUT2D eigenvalue weighted by atomic mass is 79.9. The van der Waals surface area contributed by atoms with Crippen molar-refractivity contribution in [2.24, 2.45) is 0 Å². The Kier molecular flexibility index (Phi) is 5.42. The van der Waals surface area contributed by atoms with Gasteiger partial charge in [-0.1, -0.05) is 34.5 Å². The van der Waals surface area contributed by atoms with Gasteiger partial charge < -0.3 is 4.74 Å². The number of halogens is 2. The molecule has 1 aromatic heterocycles. The van der Waals surface area contributed by atoms with Crippen molar-refractivity contribution in [3.05, 3.63) is 44.6 Å². The molecule has 6 heteroatoms. The van der Waals surface area contributed by atoms with E-state index in [4.69, 9.17) is 16.3 Å². The van der Waals surface area contributed by atoms with Gasteiger partial charge in [-0.05, 0) is 31.5 Å². The number of aldehydes is 1. The zero-order valence-electron chi connectivity index (χ0n) is 11.9. The fourth-order valence-corrected chi connectivity index (χ4v) is 2.75. The molecule has 0 spiro atoms. The van der Waals surface area contributed by atoms with E-state index in [0.29, 0.717) is 16.3 Å². The number of hydrogen-bond acceptors (Lipinski definition) is 3. The molecule has 0 aliphatic carbocycles. The second-order valence-corrected chi connectivity index (χ2v) is 5.76. The number of ether oxygens (including phenoxy) is 1. The van der Waals surface area contributed by atoms with Gasteiger partial charge in [0.1, 0.15) is 12.4 Å². The zero-order chi connectivity index (χ0) is 15.4. The predicted octanol–water partition coefficient (Wildman–Crippen LogP) is 4.27. The number of rotatable bonds is 6. The molecule has 0 unspecified atom stereocenters. The summed E-state index contributed by atoms with van der Waals surface area (Å²) in [6, 6.07) is 5.31. The first-order valence-electron chi connectivity index (χ1n) is 6.72. The smallest absolute Gasteiger partial charge is 0.153 e. The molecule has 0 saturated carbocycles. The minimum Gasteiger partial charge on any atom is -0.487 e. The zero-order valence-corrected chi connectivity index (χ0v) is 14.2. The molecule has 0 aliphatic heterocycles. The maximum Gasteiger partial charge on any atom is 0.153 e. The van der Waals surface area contributed by atoms with Crippen LogP contribution in [0.3, 0.4) is 0 Å². The van der Waals surface area contributed by atoms with Gasteiger partial charge in [0.25, 0.3) is 0 Å². The van der Waals surface area contributed by atoms with Crippen molar-refractivity contribution in [3.63, 3.8) is 0 Å². The molecule has 0 radical (unpaired) electrons. The van der Waals surface area contributed by atoms with Crippen LogP contribution in [0.25, 0.3) is 0 Å². The SMILES string of the molecule is CCc1nn(CC)c(COc2ccc(Br)cc2C=O)c1Cl. The van der Waals surface area contributed by atoms with Crippen molar-refractivity contribution in [2.45, 2.75) is 33.4 Å². The van der Waals surface area contributed by atoms with E-state index in [0.717, 1.165) is 35.1 Å². The lowest BCUT2D eigenvalue weighted by molar-refractivity contribution is 0.111. The lowest BCUT2D eigenvalue weighted by atomic mass is 10.2. The molecule has 0 amide bonds. The Bertz CT molecular complexity index is 655. The van der Waals surface area contributed by atoms with Gasteiger partial charge in [-0.25, -0.2) is 0 Å². The molecule has 0 fully saturated rings. The number of carbonyl (C=O) groups is 1. The minimum absolute atomic E-state index is 0.280. The average molecular weight is 372 g/mol. The van der Waals surface area contributed by atoms with Crippen LogP contribution in [0.4, 0.5) is 0 Å². The molecule has 1 aromatic carbocycles. The van der Waals surface area contributed by atoms with Gasteiger partial charge in [0.2, 0.25) is 0 Å². The van der Waals surface area contributed by atoms with Gasteiger partial charge in [-0.3, -0.25) is 9.48 Å². The largest absolute Gasteiger partial charge is 0.487 e. The molecule has 0 saturated heterocycles. The fourth-order valence-electron chi connectivity index (χ4n) is 2.04. The van der Waals surface area contributed by atoms with Crippen molar-refractivity contribution in [1.29, 1.82) is 0 Å². The predicted molar refractivity (Wildman–Crippen MR) is 86.2 cm³/mol.